The van der Waals surface area contributed by atoms with Gasteiger partial charge in [-0.15, -0.1) is 11.3 Å². The standard InChI is InChI=1S/C12H21N3S/c1-9-3-4-15(6-11(9)5-13)7-12-14-10(2)8-16-12/h8-9,11H,3-7,13H2,1-2H3. The van der Waals surface area contributed by atoms with Gasteiger partial charge >= 0.3 is 0 Å². The van der Waals surface area contributed by atoms with Crippen LogP contribution >= 0.6 is 11.3 Å². The Morgan fingerprint density at radius 1 is 1.62 bits per heavy atom. The van der Waals surface area contributed by atoms with Crippen molar-refractivity contribution in [3.63, 3.8) is 0 Å². The van der Waals surface area contributed by atoms with Gasteiger partial charge in [-0.2, -0.15) is 0 Å². The maximum Gasteiger partial charge on any atom is 0.107 e. The maximum atomic E-state index is 5.81. The summed E-state index contributed by atoms with van der Waals surface area (Å²) in [6, 6.07) is 0. The second kappa shape index (κ2) is 5.25. The fourth-order valence-corrected chi connectivity index (χ4v) is 3.15. The van der Waals surface area contributed by atoms with E-state index in [1.807, 2.05) is 0 Å². The summed E-state index contributed by atoms with van der Waals surface area (Å²) in [7, 11) is 0. The molecule has 16 heavy (non-hydrogen) atoms. The van der Waals surface area contributed by atoms with E-state index in [2.05, 4.69) is 29.1 Å². The molecule has 3 nitrogen and oxygen atoms in total. The monoisotopic (exact) mass is 239 g/mol. The van der Waals surface area contributed by atoms with Crippen LogP contribution < -0.4 is 5.73 Å². The van der Waals surface area contributed by atoms with Crippen molar-refractivity contribution in [2.45, 2.75) is 26.8 Å². The van der Waals surface area contributed by atoms with E-state index in [9.17, 15) is 0 Å². The molecule has 0 bridgehead atoms. The van der Waals surface area contributed by atoms with Crippen LogP contribution in [0.3, 0.4) is 0 Å². The molecule has 0 saturated carbocycles. The first kappa shape index (κ1) is 12.0. The van der Waals surface area contributed by atoms with Gasteiger partial charge in [-0.25, -0.2) is 4.98 Å². The largest absolute Gasteiger partial charge is 0.330 e. The fourth-order valence-electron chi connectivity index (χ4n) is 2.34. The molecule has 1 aliphatic heterocycles. The highest BCUT2D eigenvalue weighted by Crippen LogP contribution is 2.24. The predicted molar refractivity (Wildman–Crippen MR) is 68.5 cm³/mol. The van der Waals surface area contributed by atoms with Crippen LogP contribution in [0.5, 0.6) is 0 Å². The number of hydrogen-bond donors (Lipinski definition) is 1. The molecule has 2 rings (SSSR count). The summed E-state index contributed by atoms with van der Waals surface area (Å²) < 4.78 is 0. The van der Waals surface area contributed by atoms with Crippen molar-refractivity contribution in [2.24, 2.45) is 17.6 Å². The van der Waals surface area contributed by atoms with Gasteiger partial charge in [0.2, 0.25) is 0 Å². The van der Waals surface area contributed by atoms with Crippen LogP contribution in [-0.2, 0) is 6.54 Å². The molecule has 0 aliphatic carbocycles. The molecule has 0 radical (unpaired) electrons. The van der Waals surface area contributed by atoms with Crippen LogP contribution in [-0.4, -0.2) is 29.5 Å². The minimum Gasteiger partial charge on any atom is -0.330 e. The Labute approximate surface area is 102 Å². The molecule has 90 valence electrons. The number of aromatic nitrogens is 1. The summed E-state index contributed by atoms with van der Waals surface area (Å²) in [6.07, 6.45) is 1.27. The van der Waals surface area contributed by atoms with Crippen LogP contribution in [0, 0.1) is 18.8 Å². The fraction of sp³-hybridized carbons (Fsp3) is 0.750. The molecule has 1 aromatic rings. The highest BCUT2D eigenvalue weighted by Gasteiger charge is 2.25. The van der Waals surface area contributed by atoms with E-state index in [1.165, 1.54) is 18.0 Å². The Bertz CT molecular complexity index is 337. The second-order valence-corrected chi connectivity index (χ2v) is 5.82. The van der Waals surface area contributed by atoms with E-state index in [0.29, 0.717) is 5.92 Å². The molecular formula is C12H21N3S. The molecule has 4 heteroatoms. The Morgan fingerprint density at radius 3 is 3.06 bits per heavy atom. The minimum atomic E-state index is 0.662. The average Bonchev–Trinajstić information content (AvgIpc) is 2.67. The number of likely N-dealkylation sites (tertiary alicyclic amines) is 1. The van der Waals surface area contributed by atoms with Crippen LogP contribution in [0.15, 0.2) is 5.38 Å². The Balaban J connectivity index is 1.91. The van der Waals surface area contributed by atoms with Gasteiger partial charge in [0.25, 0.3) is 0 Å². The normalized spacial score (nSPS) is 27.2. The zero-order valence-electron chi connectivity index (χ0n) is 10.1. The van der Waals surface area contributed by atoms with Gasteiger partial charge in [-0.05, 0) is 38.3 Å². The van der Waals surface area contributed by atoms with Gasteiger partial charge in [-0.3, -0.25) is 4.90 Å². The van der Waals surface area contributed by atoms with Gasteiger partial charge < -0.3 is 5.73 Å². The Hall–Kier alpha value is -0.450. The highest BCUT2D eigenvalue weighted by molar-refractivity contribution is 7.09. The molecule has 2 unspecified atom stereocenters. The number of nitrogens with two attached hydrogens (primary N) is 1. The lowest BCUT2D eigenvalue weighted by atomic mass is 9.87. The van der Waals surface area contributed by atoms with Crippen LogP contribution in [0.25, 0.3) is 0 Å². The molecule has 1 aliphatic rings. The number of thiazole rings is 1. The van der Waals surface area contributed by atoms with E-state index >= 15 is 0 Å². The molecule has 1 saturated heterocycles. The first-order valence-electron chi connectivity index (χ1n) is 6.02. The lowest BCUT2D eigenvalue weighted by Gasteiger charge is -2.36. The third-order valence-corrected chi connectivity index (χ3v) is 4.48. The summed E-state index contributed by atoms with van der Waals surface area (Å²) in [6.45, 7) is 8.52. The molecule has 2 atom stereocenters. The molecule has 2 heterocycles. The van der Waals surface area contributed by atoms with E-state index in [-0.39, 0.29) is 0 Å². The van der Waals surface area contributed by atoms with Gasteiger partial charge in [-0.1, -0.05) is 6.92 Å². The molecule has 1 fully saturated rings. The van der Waals surface area contributed by atoms with Gasteiger partial charge in [0.15, 0.2) is 0 Å². The maximum absolute atomic E-state index is 5.81. The van der Waals surface area contributed by atoms with Crippen LogP contribution in [0.4, 0.5) is 0 Å². The summed E-state index contributed by atoms with van der Waals surface area (Å²) in [5, 5.41) is 3.37. The molecule has 2 N–H and O–H groups in total. The lowest BCUT2D eigenvalue weighted by molar-refractivity contribution is 0.126. The number of aryl methyl sites for hydroxylation is 1. The minimum absolute atomic E-state index is 0.662. The highest BCUT2D eigenvalue weighted by atomic mass is 32.1. The quantitative estimate of drug-likeness (QED) is 0.875. The summed E-state index contributed by atoms with van der Waals surface area (Å²) in [5.74, 6) is 1.44. The van der Waals surface area contributed by atoms with Crippen molar-refractivity contribution in [3.8, 4) is 0 Å². The zero-order valence-corrected chi connectivity index (χ0v) is 11.0. The predicted octanol–water partition coefficient (Wildman–Crippen LogP) is 1.87. The smallest absolute Gasteiger partial charge is 0.107 e. The van der Waals surface area contributed by atoms with Crippen molar-refractivity contribution in [2.75, 3.05) is 19.6 Å². The van der Waals surface area contributed by atoms with Crippen LogP contribution in [0.2, 0.25) is 0 Å². The van der Waals surface area contributed by atoms with Crippen molar-refractivity contribution in [1.29, 1.82) is 0 Å². The molecular weight excluding hydrogens is 218 g/mol. The Kier molecular flexibility index (Phi) is 3.95. The van der Waals surface area contributed by atoms with Gasteiger partial charge in [0.05, 0.1) is 6.54 Å². The molecule has 0 aromatic carbocycles. The first-order chi connectivity index (χ1) is 7.69. The third kappa shape index (κ3) is 2.81. The number of hydrogen-bond acceptors (Lipinski definition) is 4. The SMILES string of the molecule is Cc1csc(CN2CCC(C)C(CN)C2)n1. The van der Waals surface area contributed by atoms with Crippen molar-refractivity contribution >= 4 is 11.3 Å². The van der Waals surface area contributed by atoms with E-state index in [0.717, 1.165) is 31.2 Å². The molecule has 0 spiro atoms. The number of rotatable bonds is 3. The third-order valence-electron chi connectivity index (χ3n) is 3.53. The molecule has 0 amide bonds. The summed E-state index contributed by atoms with van der Waals surface area (Å²) >= 11 is 1.77. The van der Waals surface area contributed by atoms with Crippen molar-refractivity contribution in [1.82, 2.24) is 9.88 Å². The van der Waals surface area contributed by atoms with Crippen molar-refractivity contribution in [3.05, 3.63) is 16.1 Å². The van der Waals surface area contributed by atoms with E-state index in [1.54, 1.807) is 11.3 Å². The van der Waals surface area contributed by atoms with Gasteiger partial charge in [0, 0.05) is 17.6 Å². The summed E-state index contributed by atoms with van der Waals surface area (Å²) in [5.41, 5.74) is 6.95. The lowest BCUT2D eigenvalue weighted by Crippen LogP contribution is -2.42. The van der Waals surface area contributed by atoms with E-state index < -0.39 is 0 Å². The van der Waals surface area contributed by atoms with Crippen LogP contribution in [0.1, 0.15) is 24.0 Å². The Morgan fingerprint density at radius 2 is 2.44 bits per heavy atom. The molecule has 1 aromatic heterocycles. The topological polar surface area (TPSA) is 42.1 Å². The second-order valence-electron chi connectivity index (χ2n) is 4.88. The number of piperidine rings is 1. The van der Waals surface area contributed by atoms with Crippen molar-refractivity contribution < 1.29 is 0 Å². The van der Waals surface area contributed by atoms with Gasteiger partial charge in [0.1, 0.15) is 5.01 Å². The summed E-state index contributed by atoms with van der Waals surface area (Å²) in [4.78, 5) is 7.02. The first-order valence-corrected chi connectivity index (χ1v) is 6.90. The number of nitrogens with zero attached hydrogens (tertiary/aromatic N) is 2. The zero-order chi connectivity index (χ0) is 11.5. The van der Waals surface area contributed by atoms with E-state index in [4.69, 9.17) is 5.73 Å². The average molecular weight is 239 g/mol.